The minimum absolute atomic E-state index is 0.0330. The Morgan fingerprint density at radius 3 is 2.22 bits per heavy atom. The third-order valence-electron chi connectivity index (χ3n) is 2.91. The van der Waals surface area contributed by atoms with E-state index in [4.69, 9.17) is 4.52 Å². The molecule has 0 unspecified atom stereocenters. The Morgan fingerprint density at radius 2 is 1.70 bits per heavy atom. The fourth-order valence-electron chi connectivity index (χ4n) is 1.83. The van der Waals surface area contributed by atoms with Crippen LogP contribution in [0.15, 0.2) is 39.8 Å². The average molecular weight is 352 g/mol. The Bertz CT molecular complexity index is 870. The molecule has 0 bridgehead atoms. The van der Waals surface area contributed by atoms with Crippen molar-refractivity contribution in [3.05, 3.63) is 36.0 Å². The number of aromatic amines is 1. The zero-order chi connectivity index (χ0) is 16.9. The number of hydrogen-bond acceptors (Lipinski definition) is 4. The van der Waals surface area contributed by atoms with Gasteiger partial charge in [0.25, 0.3) is 5.89 Å². The molecule has 0 spiro atoms. The van der Waals surface area contributed by atoms with Gasteiger partial charge >= 0.3 is 10.2 Å². The number of H-pyrrole nitrogens is 1. The molecule has 2 aromatic heterocycles. The molecule has 0 aliphatic heterocycles. The van der Waals surface area contributed by atoms with E-state index in [9.17, 15) is 19.4 Å². The van der Waals surface area contributed by atoms with Gasteiger partial charge in [0.2, 0.25) is 5.82 Å². The van der Waals surface area contributed by atoms with Crippen molar-refractivity contribution in [1.29, 1.82) is 0 Å². The molecule has 3 rings (SSSR count). The van der Waals surface area contributed by atoms with Crippen LogP contribution in [0.1, 0.15) is 5.69 Å². The molecule has 5 nitrogen and oxygen atoms in total. The highest BCUT2D eigenvalue weighted by Crippen LogP contribution is 3.02. The molecule has 11 heteroatoms. The first kappa shape index (κ1) is 15.5. The van der Waals surface area contributed by atoms with E-state index in [0.717, 1.165) is 17.8 Å². The second-order valence-corrected chi connectivity index (χ2v) is 7.26. The maximum Gasteiger partial charge on any atom is 0.310 e. The summed E-state index contributed by atoms with van der Waals surface area (Å²) in [5, 5.41) is 10.2. The van der Waals surface area contributed by atoms with Crippen LogP contribution in [-0.4, -0.2) is 20.3 Å². The van der Waals surface area contributed by atoms with Crippen molar-refractivity contribution >= 4 is 10.2 Å². The zero-order valence-corrected chi connectivity index (χ0v) is 12.3. The zero-order valence-electron chi connectivity index (χ0n) is 11.4. The second kappa shape index (κ2) is 4.10. The highest BCUT2D eigenvalue weighted by Gasteiger charge is 2.65. The smallest absolute Gasteiger partial charge is 0.310 e. The van der Waals surface area contributed by atoms with Gasteiger partial charge in [-0.1, -0.05) is 24.6 Å². The van der Waals surface area contributed by atoms with E-state index in [1.807, 2.05) is 0 Å². The standard InChI is InChI=1S/C12H9F5N4OS/c1-7-6-10(20-19-7)12-18-11(21-22-12)8-2-4-9(5-3-8)23(13,14,15,16)17/h2-6H,1H3,(H,19,20). The van der Waals surface area contributed by atoms with E-state index in [1.54, 1.807) is 13.0 Å². The topological polar surface area (TPSA) is 67.6 Å². The Kier molecular flexibility index (Phi) is 2.76. The molecule has 2 heterocycles. The number of rotatable bonds is 3. The summed E-state index contributed by atoms with van der Waals surface area (Å²) < 4.78 is 68.2. The lowest BCUT2D eigenvalue weighted by atomic mass is 10.2. The van der Waals surface area contributed by atoms with Gasteiger partial charge in [0, 0.05) is 11.3 Å². The molecule has 0 radical (unpaired) electrons. The minimum Gasteiger partial charge on any atom is -0.332 e. The van der Waals surface area contributed by atoms with Crippen molar-refractivity contribution < 1.29 is 24.0 Å². The van der Waals surface area contributed by atoms with Gasteiger partial charge in [0.05, 0.1) is 0 Å². The van der Waals surface area contributed by atoms with Crippen LogP contribution in [0.3, 0.4) is 0 Å². The predicted molar refractivity (Wildman–Crippen MR) is 73.4 cm³/mol. The number of halogens is 5. The van der Waals surface area contributed by atoms with Crippen LogP contribution in [0.2, 0.25) is 0 Å². The molecule has 124 valence electrons. The summed E-state index contributed by atoms with van der Waals surface area (Å²) in [5.41, 5.74) is 1.22. The molecule has 1 N–H and O–H groups in total. The second-order valence-electron chi connectivity index (χ2n) is 4.85. The van der Waals surface area contributed by atoms with Crippen LogP contribution in [0, 0.1) is 6.92 Å². The molecule has 0 fully saturated rings. The lowest BCUT2D eigenvalue weighted by Crippen LogP contribution is -2.05. The van der Waals surface area contributed by atoms with Crippen molar-refractivity contribution in [2.24, 2.45) is 0 Å². The van der Waals surface area contributed by atoms with Crippen LogP contribution < -0.4 is 0 Å². The predicted octanol–water partition coefficient (Wildman–Crippen LogP) is 5.09. The van der Waals surface area contributed by atoms with E-state index in [1.165, 1.54) is 0 Å². The highest BCUT2D eigenvalue weighted by molar-refractivity contribution is 8.45. The van der Waals surface area contributed by atoms with Crippen LogP contribution in [0.25, 0.3) is 23.0 Å². The Balaban J connectivity index is 1.94. The largest absolute Gasteiger partial charge is 0.332 e. The van der Waals surface area contributed by atoms with Gasteiger partial charge in [0.1, 0.15) is 4.90 Å². The van der Waals surface area contributed by atoms with E-state index in [0.29, 0.717) is 17.8 Å². The summed E-state index contributed by atoms with van der Waals surface area (Å²) in [5.74, 6) is 0.0236. The summed E-state index contributed by atoms with van der Waals surface area (Å²) in [7, 11) is -9.69. The van der Waals surface area contributed by atoms with Crippen molar-refractivity contribution in [2.45, 2.75) is 11.8 Å². The SMILES string of the molecule is Cc1cc(-c2nc(-c3ccc(S(F)(F)(F)(F)F)cc3)no2)n[nH]1. The Labute approximate surface area is 126 Å². The number of aromatic nitrogens is 4. The van der Waals surface area contributed by atoms with Crippen LogP contribution in [0.4, 0.5) is 19.4 Å². The first-order valence-electron chi connectivity index (χ1n) is 6.13. The summed E-state index contributed by atoms with van der Waals surface area (Å²) in [6, 6.07) is 3.95. The monoisotopic (exact) mass is 352 g/mol. The average Bonchev–Trinajstić information content (AvgIpc) is 3.05. The maximum absolute atomic E-state index is 12.6. The first-order chi connectivity index (χ1) is 10.4. The van der Waals surface area contributed by atoms with Crippen molar-refractivity contribution in [1.82, 2.24) is 20.3 Å². The van der Waals surface area contributed by atoms with Gasteiger partial charge in [0.15, 0.2) is 5.69 Å². The summed E-state index contributed by atoms with van der Waals surface area (Å²) in [4.78, 5) is 2.00. The lowest BCUT2D eigenvalue weighted by molar-refractivity contribution is 0.364. The van der Waals surface area contributed by atoms with E-state index >= 15 is 0 Å². The van der Waals surface area contributed by atoms with Crippen molar-refractivity contribution in [3.63, 3.8) is 0 Å². The fraction of sp³-hybridized carbons (Fsp3) is 0.0833. The number of hydrogen-bond donors (Lipinski definition) is 1. The van der Waals surface area contributed by atoms with E-state index < -0.39 is 15.1 Å². The Morgan fingerprint density at radius 1 is 1.04 bits per heavy atom. The third-order valence-corrected chi connectivity index (χ3v) is 4.07. The molecule has 3 aromatic rings. The first-order valence-corrected chi connectivity index (χ1v) is 8.08. The van der Waals surface area contributed by atoms with Gasteiger partial charge < -0.3 is 4.52 Å². The van der Waals surface area contributed by atoms with Gasteiger partial charge in [-0.3, -0.25) is 5.10 Å². The van der Waals surface area contributed by atoms with Crippen LogP contribution in [0.5, 0.6) is 0 Å². The number of benzene rings is 1. The van der Waals surface area contributed by atoms with Crippen LogP contribution >= 0.6 is 10.2 Å². The minimum atomic E-state index is -9.69. The van der Waals surface area contributed by atoms with Crippen molar-refractivity contribution in [3.8, 4) is 23.0 Å². The molecular weight excluding hydrogens is 343 g/mol. The quantitative estimate of drug-likeness (QED) is 0.667. The summed E-state index contributed by atoms with van der Waals surface area (Å²) in [6.07, 6.45) is 0. The van der Waals surface area contributed by atoms with Gasteiger partial charge in [-0.25, -0.2) is 0 Å². The van der Waals surface area contributed by atoms with E-state index in [2.05, 4.69) is 20.3 Å². The molecule has 0 atom stereocenters. The molecule has 0 saturated carbocycles. The normalized spacial score (nSPS) is 15.2. The number of nitrogens with zero attached hydrogens (tertiary/aromatic N) is 3. The summed E-state index contributed by atoms with van der Waals surface area (Å²) >= 11 is 0. The molecule has 0 aliphatic rings. The third kappa shape index (κ3) is 3.18. The number of aryl methyl sites for hydroxylation is 1. The molecule has 1 aromatic carbocycles. The van der Waals surface area contributed by atoms with Gasteiger partial charge in [-0.2, -0.15) is 10.1 Å². The molecule has 0 amide bonds. The highest BCUT2D eigenvalue weighted by atomic mass is 32.5. The fourth-order valence-corrected chi connectivity index (χ4v) is 2.48. The molecular formula is C12H9F5N4OS. The van der Waals surface area contributed by atoms with Gasteiger partial charge in [-0.15, -0.1) is 0 Å². The maximum atomic E-state index is 12.6. The summed E-state index contributed by atoms with van der Waals surface area (Å²) in [6.45, 7) is 1.76. The lowest BCUT2D eigenvalue weighted by Gasteiger charge is -2.40. The molecule has 23 heavy (non-hydrogen) atoms. The van der Waals surface area contributed by atoms with Gasteiger partial charge in [-0.05, 0) is 37.3 Å². The van der Waals surface area contributed by atoms with E-state index in [-0.39, 0.29) is 17.3 Å². The Hall–Kier alpha value is -2.43. The molecule has 0 saturated heterocycles. The van der Waals surface area contributed by atoms with Crippen LogP contribution in [-0.2, 0) is 0 Å². The van der Waals surface area contributed by atoms with Crippen molar-refractivity contribution in [2.75, 3.05) is 0 Å². The number of nitrogens with one attached hydrogen (secondary N) is 1. The molecule has 0 aliphatic carbocycles.